The van der Waals surface area contributed by atoms with E-state index in [9.17, 15) is 0 Å². The van der Waals surface area contributed by atoms with Gasteiger partial charge in [0.25, 0.3) is 0 Å². The third-order valence-corrected chi connectivity index (χ3v) is 10.7. The fraction of sp³-hybridized carbons (Fsp3) is 0.0698. The standard InChI is InChI=1S/C43H30S/c1-27-10-7-17-36-39-25-30(28-11-3-2-4-12-28)20-22-34(39)40-26-31(21-23-37(40)42(27)36)29-13-8-14-32(24-29)33-16-9-18-38-35-15-5-6-19-41(35)44-43(33)38/h2-9,11-27H,10H2,1H3. The quantitative estimate of drug-likeness (QED) is 0.183. The molecule has 1 heterocycles. The fourth-order valence-electron chi connectivity index (χ4n) is 7.34. The zero-order valence-corrected chi connectivity index (χ0v) is 25.4. The van der Waals surface area contributed by atoms with E-state index in [2.05, 4.69) is 153 Å². The van der Waals surface area contributed by atoms with Gasteiger partial charge in [-0.2, -0.15) is 0 Å². The summed E-state index contributed by atoms with van der Waals surface area (Å²) in [5.74, 6) is 0.484. The lowest BCUT2D eigenvalue weighted by molar-refractivity contribution is 0.781. The molecule has 1 aliphatic rings. The van der Waals surface area contributed by atoms with Crippen molar-refractivity contribution in [2.45, 2.75) is 19.3 Å². The van der Waals surface area contributed by atoms with Crippen LogP contribution in [-0.4, -0.2) is 0 Å². The lowest BCUT2D eigenvalue weighted by Gasteiger charge is -2.24. The van der Waals surface area contributed by atoms with Gasteiger partial charge in [0.1, 0.15) is 0 Å². The average Bonchev–Trinajstić information content (AvgIpc) is 3.47. The predicted octanol–water partition coefficient (Wildman–Crippen LogP) is 12.9. The summed E-state index contributed by atoms with van der Waals surface area (Å²) < 4.78 is 2.70. The number of allylic oxidation sites excluding steroid dienone is 1. The van der Waals surface area contributed by atoms with Crippen molar-refractivity contribution >= 4 is 59.1 Å². The maximum Gasteiger partial charge on any atom is 0.0433 e. The lowest BCUT2D eigenvalue weighted by Crippen LogP contribution is -2.03. The first kappa shape index (κ1) is 25.5. The van der Waals surface area contributed by atoms with E-state index in [0.29, 0.717) is 5.92 Å². The Bertz CT molecular complexity index is 2420. The molecule has 1 heteroatoms. The monoisotopic (exact) mass is 578 g/mol. The highest BCUT2D eigenvalue weighted by molar-refractivity contribution is 7.26. The van der Waals surface area contributed by atoms with Crippen molar-refractivity contribution in [1.29, 1.82) is 0 Å². The van der Waals surface area contributed by atoms with E-state index >= 15 is 0 Å². The summed E-state index contributed by atoms with van der Waals surface area (Å²) in [6, 6.07) is 49.5. The first-order valence-corrected chi connectivity index (χ1v) is 16.3. The minimum absolute atomic E-state index is 0.484. The van der Waals surface area contributed by atoms with Gasteiger partial charge in [0.2, 0.25) is 0 Å². The fourth-order valence-corrected chi connectivity index (χ4v) is 8.58. The van der Waals surface area contributed by atoms with E-state index in [-0.39, 0.29) is 0 Å². The van der Waals surface area contributed by atoms with Gasteiger partial charge in [-0.3, -0.25) is 0 Å². The Kier molecular flexibility index (Phi) is 5.82. The van der Waals surface area contributed by atoms with Crippen LogP contribution >= 0.6 is 11.3 Å². The molecule has 7 aromatic carbocycles. The van der Waals surface area contributed by atoms with Gasteiger partial charge in [0.15, 0.2) is 0 Å². The maximum atomic E-state index is 2.43. The molecule has 1 atom stereocenters. The van der Waals surface area contributed by atoms with Gasteiger partial charge < -0.3 is 0 Å². The van der Waals surface area contributed by atoms with Gasteiger partial charge >= 0.3 is 0 Å². The number of hydrogen-bond acceptors (Lipinski definition) is 1. The summed E-state index contributed by atoms with van der Waals surface area (Å²) >= 11 is 1.90. The molecule has 0 N–H and O–H groups in total. The van der Waals surface area contributed by atoms with E-state index in [0.717, 1.165) is 6.42 Å². The molecule has 0 spiro atoms. The van der Waals surface area contributed by atoms with Crippen molar-refractivity contribution in [3.05, 3.63) is 151 Å². The Labute approximate surface area is 261 Å². The summed E-state index contributed by atoms with van der Waals surface area (Å²) in [5, 5.41) is 8.08. The molecule has 1 aliphatic carbocycles. The molecule has 1 aromatic heterocycles. The highest BCUT2D eigenvalue weighted by Gasteiger charge is 2.21. The van der Waals surface area contributed by atoms with E-state index in [1.165, 1.54) is 86.2 Å². The minimum atomic E-state index is 0.484. The topological polar surface area (TPSA) is 0 Å². The molecule has 9 rings (SSSR count). The molecule has 0 fully saturated rings. The van der Waals surface area contributed by atoms with Crippen LogP contribution in [0.25, 0.3) is 81.2 Å². The largest absolute Gasteiger partial charge is 0.135 e. The SMILES string of the molecule is CC1CC=Cc2c1c1ccc(-c3cccc(-c4cccc5c4sc4ccccc45)c3)cc1c1ccc(-c3ccccc3)cc21. The van der Waals surface area contributed by atoms with Gasteiger partial charge in [-0.15, -0.1) is 11.3 Å². The van der Waals surface area contributed by atoms with Crippen LogP contribution in [0.1, 0.15) is 30.4 Å². The normalized spacial score (nSPS) is 14.5. The highest BCUT2D eigenvalue weighted by atomic mass is 32.1. The van der Waals surface area contributed by atoms with E-state index in [1.807, 2.05) is 11.3 Å². The lowest BCUT2D eigenvalue weighted by atomic mass is 9.80. The highest BCUT2D eigenvalue weighted by Crippen LogP contribution is 2.44. The molecule has 0 aliphatic heterocycles. The number of thiophene rings is 1. The molecule has 0 saturated heterocycles. The van der Waals surface area contributed by atoms with Crippen molar-refractivity contribution in [2.75, 3.05) is 0 Å². The Morgan fingerprint density at radius 2 is 1.18 bits per heavy atom. The number of benzene rings is 7. The molecule has 0 amide bonds. The molecule has 8 aromatic rings. The molecule has 0 nitrogen and oxygen atoms in total. The molecule has 44 heavy (non-hydrogen) atoms. The summed E-state index contributed by atoms with van der Waals surface area (Å²) in [6.45, 7) is 2.38. The first-order chi connectivity index (χ1) is 21.7. The van der Waals surface area contributed by atoms with Crippen LogP contribution in [0.5, 0.6) is 0 Å². The zero-order chi connectivity index (χ0) is 29.2. The Morgan fingerprint density at radius 1 is 0.500 bits per heavy atom. The number of rotatable bonds is 3. The van der Waals surface area contributed by atoms with Gasteiger partial charge in [-0.25, -0.2) is 0 Å². The van der Waals surface area contributed by atoms with E-state index in [4.69, 9.17) is 0 Å². The molecule has 0 saturated carbocycles. The van der Waals surface area contributed by atoms with Crippen LogP contribution in [0.15, 0.2) is 140 Å². The second-order valence-electron chi connectivity index (χ2n) is 12.1. The van der Waals surface area contributed by atoms with Crippen molar-refractivity contribution in [1.82, 2.24) is 0 Å². The molecular weight excluding hydrogens is 549 g/mol. The van der Waals surface area contributed by atoms with Crippen molar-refractivity contribution in [2.24, 2.45) is 0 Å². The van der Waals surface area contributed by atoms with Crippen molar-refractivity contribution < 1.29 is 0 Å². The van der Waals surface area contributed by atoms with Crippen LogP contribution < -0.4 is 0 Å². The first-order valence-electron chi connectivity index (χ1n) is 15.5. The molecule has 208 valence electrons. The van der Waals surface area contributed by atoms with Crippen molar-refractivity contribution in [3.63, 3.8) is 0 Å². The van der Waals surface area contributed by atoms with E-state index in [1.54, 1.807) is 0 Å². The summed E-state index contributed by atoms with van der Waals surface area (Å²) in [6.07, 6.45) is 5.79. The molecular formula is C43H30S. The van der Waals surface area contributed by atoms with Gasteiger partial charge in [-0.1, -0.05) is 128 Å². The Balaban J connectivity index is 1.24. The minimum Gasteiger partial charge on any atom is -0.135 e. The summed E-state index contributed by atoms with van der Waals surface area (Å²) in [7, 11) is 0. The van der Waals surface area contributed by atoms with Gasteiger partial charge in [-0.05, 0) is 103 Å². The zero-order valence-electron chi connectivity index (χ0n) is 24.5. The Hall–Kier alpha value is -4.98. The predicted molar refractivity (Wildman–Crippen MR) is 193 cm³/mol. The summed E-state index contributed by atoms with van der Waals surface area (Å²) in [4.78, 5) is 0. The average molecular weight is 579 g/mol. The smallest absolute Gasteiger partial charge is 0.0433 e. The molecule has 0 radical (unpaired) electrons. The van der Waals surface area contributed by atoms with Gasteiger partial charge in [0.05, 0.1) is 0 Å². The van der Waals surface area contributed by atoms with Crippen LogP contribution in [0, 0.1) is 0 Å². The van der Waals surface area contributed by atoms with Crippen LogP contribution in [0.4, 0.5) is 0 Å². The third kappa shape index (κ3) is 3.97. The number of fused-ring (bicyclic) bond motifs is 9. The molecule has 1 unspecified atom stereocenters. The number of hydrogen-bond donors (Lipinski definition) is 0. The van der Waals surface area contributed by atoms with Gasteiger partial charge in [0, 0.05) is 20.2 Å². The maximum absolute atomic E-state index is 2.43. The Morgan fingerprint density at radius 3 is 2.09 bits per heavy atom. The second-order valence-corrected chi connectivity index (χ2v) is 13.2. The van der Waals surface area contributed by atoms with Crippen LogP contribution in [-0.2, 0) is 0 Å². The van der Waals surface area contributed by atoms with Crippen molar-refractivity contribution in [3.8, 4) is 33.4 Å². The van der Waals surface area contributed by atoms with Crippen LogP contribution in [0.2, 0.25) is 0 Å². The molecule has 0 bridgehead atoms. The third-order valence-electron chi connectivity index (χ3n) is 9.49. The van der Waals surface area contributed by atoms with Crippen LogP contribution in [0.3, 0.4) is 0 Å². The summed E-state index contributed by atoms with van der Waals surface area (Å²) in [5.41, 5.74) is 10.5. The van der Waals surface area contributed by atoms with E-state index < -0.39 is 0 Å². The second kappa shape index (κ2) is 10.0.